The lowest BCUT2D eigenvalue weighted by atomic mass is 10.2. The zero-order valence-electron chi connectivity index (χ0n) is 10.3. The molecule has 2 rings (SSSR count). The molecule has 1 amide bonds. The summed E-state index contributed by atoms with van der Waals surface area (Å²) in [6.07, 6.45) is 3.14. The van der Waals surface area contributed by atoms with E-state index in [2.05, 4.69) is 5.10 Å². The molecule has 0 radical (unpaired) electrons. The van der Waals surface area contributed by atoms with Crippen molar-refractivity contribution in [3.63, 3.8) is 0 Å². The van der Waals surface area contributed by atoms with Crippen molar-refractivity contribution in [2.75, 3.05) is 7.05 Å². The quantitative estimate of drug-likeness (QED) is 0.830. The summed E-state index contributed by atoms with van der Waals surface area (Å²) in [7, 11) is 3.38. The third kappa shape index (κ3) is 2.56. The summed E-state index contributed by atoms with van der Waals surface area (Å²) in [5.41, 5.74) is 0.994. The lowest BCUT2D eigenvalue weighted by Crippen LogP contribution is -2.26. The summed E-state index contributed by atoms with van der Waals surface area (Å²) < 4.78 is 15.0. The maximum absolute atomic E-state index is 13.5. The molecule has 0 bridgehead atoms. The van der Waals surface area contributed by atoms with E-state index in [9.17, 15) is 9.18 Å². The van der Waals surface area contributed by atoms with Gasteiger partial charge in [-0.2, -0.15) is 5.10 Å². The topological polar surface area (TPSA) is 38.1 Å². The van der Waals surface area contributed by atoms with E-state index < -0.39 is 0 Å². The normalized spacial score (nSPS) is 10.4. The highest BCUT2D eigenvalue weighted by molar-refractivity contribution is 5.93. The van der Waals surface area contributed by atoms with Crippen LogP contribution in [0.2, 0.25) is 0 Å². The first-order valence-corrected chi connectivity index (χ1v) is 5.55. The Morgan fingerprint density at radius 3 is 2.78 bits per heavy atom. The Balaban J connectivity index is 2.11. The highest BCUT2D eigenvalue weighted by atomic mass is 19.1. The molecule has 0 N–H and O–H groups in total. The molecule has 0 spiro atoms. The Hall–Kier alpha value is -2.17. The number of benzene rings is 1. The number of nitrogens with zero attached hydrogens (tertiary/aromatic N) is 3. The summed E-state index contributed by atoms with van der Waals surface area (Å²) in [4.78, 5) is 13.5. The van der Waals surface area contributed by atoms with Gasteiger partial charge in [-0.1, -0.05) is 18.2 Å². The van der Waals surface area contributed by atoms with Gasteiger partial charge < -0.3 is 4.90 Å². The predicted molar refractivity (Wildman–Crippen MR) is 65.4 cm³/mol. The van der Waals surface area contributed by atoms with E-state index in [-0.39, 0.29) is 18.3 Å². The number of carbonyl (C=O) groups excluding carboxylic acids is 1. The van der Waals surface area contributed by atoms with Crippen molar-refractivity contribution >= 4 is 5.91 Å². The largest absolute Gasteiger partial charge is 0.337 e. The van der Waals surface area contributed by atoms with Crippen LogP contribution in [0, 0.1) is 5.82 Å². The molecule has 0 saturated carbocycles. The van der Waals surface area contributed by atoms with Crippen LogP contribution in [0.1, 0.15) is 15.9 Å². The molecule has 2 aromatic rings. The van der Waals surface area contributed by atoms with Gasteiger partial charge in [0, 0.05) is 32.4 Å². The average Bonchev–Trinajstić information content (AvgIpc) is 2.78. The van der Waals surface area contributed by atoms with Gasteiger partial charge in [0.15, 0.2) is 0 Å². The van der Waals surface area contributed by atoms with Crippen molar-refractivity contribution in [1.82, 2.24) is 14.7 Å². The van der Waals surface area contributed by atoms with Gasteiger partial charge >= 0.3 is 0 Å². The van der Waals surface area contributed by atoms with Gasteiger partial charge in [-0.3, -0.25) is 9.48 Å². The van der Waals surface area contributed by atoms with E-state index in [4.69, 9.17) is 0 Å². The molecule has 0 unspecified atom stereocenters. The van der Waals surface area contributed by atoms with Gasteiger partial charge in [0.05, 0.1) is 11.8 Å². The first kappa shape index (κ1) is 12.3. The highest BCUT2D eigenvalue weighted by Gasteiger charge is 2.14. The minimum Gasteiger partial charge on any atom is -0.337 e. The molecule has 0 saturated heterocycles. The predicted octanol–water partition coefficient (Wildman–Crippen LogP) is 1.83. The summed E-state index contributed by atoms with van der Waals surface area (Å²) in [5.74, 6) is -0.477. The summed E-state index contributed by atoms with van der Waals surface area (Å²) in [5, 5.41) is 3.94. The SMILES string of the molecule is CN(Cc1ccccc1F)C(=O)c1cnn(C)c1. The van der Waals surface area contributed by atoms with Crippen LogP contribution in [0.4, 0.5) is 4.39 Å². The number of rotatable bonds is 3. The fourth-order valence-electron chi connectivity index (χ4n) is 1.71. The maximum Gasteiger partial charge on any atom is 0.257 e. The molecule has 1 aromatic carbocycles. The number of hydrogen-bond donors (Lipinski definition) is 0. The average molecular weight is 247 g/mol. The molecule has 0 aliphatic carbocycles. The van der Waals surface area contributed by atoms with Gasteiger partial charge in [0.1, 0.15) is 5.82 Å². The third-order valence-electron chi connectivity index (χ3n) is 2.66. The van der Waals surface area contributed by atoms with Crippen molar-refractivity contribution in [3.8, 4) is 0 Å². The molecule has 4 nitrogen and oxygen atoms in total. The minimum atomic E-state index is -0.302. The van der Waals surface area contributed by atoms with Gasteiger partial charge in [0.25, 0.3) is 5.91 Å². The highest BCUT2D eigenvalue weighted by Crippen LogP contribution is 2.11. The molecular weight excluding hydrogens is 233 g/mol. The number of amides is 1. The Morgan fingerprint density at radius 2 is 2.17 bits per heavy atom. The van der Waals surface area contributed by atoms with Crippen LogP contribution >= 0.6 is 0 Å². The van der Waals surface area contributed by atoms with E-state index in [0.29, 0.717) is 11.1 Å². The molecule has 5 heteroatoms. The van der Waals surface area contributed by atoms with Crippen LogP contribution < -0.4 is 0 Å². The minimum absolute atomic E-state index is 0.175. The van der Waals surface area contributed by atoms with E-state index in [1.807, 2.05) is 0 Å². The van der Waals surface area contributed by atoms with Crippen molar-refractivity contribution in [2.24, 2.45) is 7.05 Å². The lowest BCUT2D eigenvalue weighted by molar-refractivity contribution is 0.0784. The maximum atomic E-state index is 13.5. The molecule has 0 aliphatic rings. The van der Waals surface area contributed by atoms with Crippen molar-refractivity contribution in [2.45, 2.75) is 6.54 Å². The molecule has 0 atom stereocenters. The van der Waals surface area contributed by atoms with Gasteiger partial charge in [-0.25, -0.2) is 4.39 Å². The number of hydrogen-bond acceptors (Lipinski definition) is 2. The van der Waals surface area contributed by atoms with Crippen LogP contribution in [-0.4, -0.2) is 27.6 Å². The van der Waals surface area contributed by atoms with Crippen LogP contribution in [0.15, 0.2) is 36.7 Å². The van der Waals surface area contributed by atoms with Crippen LogP contribution in [-0.2, 0) is 13.6 Å². The third-order valence-corrected chi connectivity index (χ3v) is 2.66. The Kier molecular flexibility index (Phi) is 3.41. The van der Waals surface area contributed by atoms with Crippen LogP contribution in [0.5, 0.6) is 0 Å². The van der Waals surface area contributed by atoms with Crippen molar-refractivity contribution in [3.05, 3.63) is 53.6 Å². The molecule has 0 fully saturated rings. The fraction of sp³-hybridized carbons (Fsp3) is 0.231. The molecule has 94 valence electrons. The fourth-order valence-corrected chi connectivity index (χ4v) is 1.71. The Bertz CT molecular complexity index is 565. The summed E-state index contributed by atoms with van der Waals surface area (Å²) in [6.45, 7) is 0.237. The van der Waals surface area contributed by atoms with Crippen LogP contribution in [0.3, 0.4) is 0 Å². The number of halogens is 1. The van der Waals surface area contributed by atoms with E-state index in [0.717, 1.165) is 0 Å². The Labute approximate surface area is 105 Å². The molecule has 0 aliphatic heterocycles. The number of aryl methyl sites for hydroxylation is 1. The second-order valence-corrected chi connectivity index (χ2v) is 4.16. The van der Waals surface area contributed by atoms with Crippen molar-refractivity contribution in [1.29, 1.82) is 0 Å². The van der Waals surface area contributed by atoms with E-state index in [1.165, 1.54) is 17.2 Å². The second-order valence-electron chi connectivity index (χ2n) is 4.16. The molecule has 18 heavy (non-hydrogen) atoms. The van der Waals surface area contributed by atoms with Crippen LogP contribution in [0.25, 0.3) is 0 Å². The number of aromatic nitrogens is 2. The molecule has 1 aromatic heterocycles. The number of carbonyl (C=O) groups is 1. The molecular formula is C13H14FN3O. The van der Waals surface area contributed by atoms with Gasteiger partial charge in [0.2, 0.25) is 0 Å². The monoisotopic (exact) mass is 247 g/mol. The summed E-state index contributed by atoms with van der Waals surface area (Å²) >= 11 is 0. The van der Waals surface area contributed by atoms with Crippen molar-refractivity contribution < 1.29 is 9.18 Å². The Morgan fingerprint density at radius 1 is 1.44 bits per heavy atom. The van der Waals surface area contributed by atoms with Gasteiger partial charge in [-0.05, 0) is 6.07 Å². The van der Waals surface area contributed by atoms with Gasteiger partial charge in [-0.15, -0.1) is 0 Å². The first-order chi connectivity index (χ1) is 8.58. The zero-order valence-corrected chi connectivity index (χ0v) is 10.3. The lowest BCUT2D eigenvalue weighted by Gasteiger charge is -2.16. The molecule has 1 heterocycles. The summed E-state index contributed by atoms with van der Waals surface area (Å²) in [6, 6.07) is 6.43. The first-order valence-electron chi connectivity index (χ1n) is 5.55. The standard InChI is InChI=1S/C13H14FN3O/c1-16(8-10-5-3-4-6-12(10)14)13(18)11-7-15-17(2)9-11/h3-7,9H,8H2,1-2H3. The smallest absolute Gasteiger partial charge is 0.257 e. The second kappa shape index (κ2) is 5.00. The van der Waals surface area contributed by atoms with E-state index >= 15 is 0 Å². The zero-order chi connectivity index (χ0) is 13.1. The van der Waals surface area contributed by atoms with E-state index in [1.54, 1.807) is 43.2 Å².